The molecule has 3 rings (SSSR count). The van der Waals surface area contributed by atoms with Crippen LogP contribution in [-0.2, 0) is 13.0 Å². The van der Waals surface area contributed by atoms with Gasteiger partial charge in [-0.25, -0.2) is 0 Å². The molecule has 2 aromatic carbocycles. The van der Waals surface area contributed by atoms with E-state index in [-0.39, 0.29) is 0 Å². The average Bonchev–Trinajstić information content (AvgIpc) is 2.51. The van der Waals surface area contributed by atoms with Gasteiger partial charge in [-0.2, -0.15) is 0 Å². The normalized spacial score (nSPS) is 13.9. The van der Waals surface area contributed by atoms with Crippen LogP contribution in [0.2, 0.25) is 10.0 Å². The van der Waals surface area contributed by atoms with Crippen molar-refractivity contribution in [1.82, 2.24) is 5.32 Å². The van der Waals surface area contributed by atoms with Crippen molar-refractivity contribution >= 4 is 23.2 Å². The molecule has 4 heteroatoms. The molecule has 1 N–H and O–H groups in total. The lowest BCUT2D eigenvalue weighted by Crippen LogP contribution is -2.24. The zero-order valence-electron chi connectivity index (χ0n) is 12.1. The van der Waals surface area contributed by atoms with Crippen molar-refractivity contribution in [1.29, 1.82) is 0 Å². The van der Waals surface area contributed by atoms with Crippen LogP contribution < -0.4 is 10.1 Å². The van der Waals surface area contributed by atoms with Gasteiger partial charge in [0.15, 0.2) is 0 Å². The second-order valence-electron chi connectivity index (χ2n) is 5.31. The molecule has 1 aliphatic rings. The van der Waals surface area contributed by atoms with Crippen LogP contribution in [0.1, 0.15) is 16.7 Å². The smallest absolute Gasteiger partial charge is 0.126 e. The van der Waals surface area contributed by atoms with E-state index < -0.39 is 0 Å². The van der Waals surface area contributed by atoms with Crippen LogP contribution in [0, 0.1) is 6.92 Å². The molecule has 0 atom stereocenters. The van der Waals surface area contributed by atoms with E-state index in [1.54, 1.807) is 7.11 Å². The summed E-state index contributed by atoms with van der Waals surface area (Å²) in [5.41, 5.74) is 5.73. The highest BCUT2D eigenvalue weighted by atomic mass is 35.5. The van der Waals surface area contributed by atoms with Gasteiger partial charge in [0.1, 0.15) is 5.75 Å². The first kappa shape index (κ1) is 14.7. The van der Waals surface area contributed by atoms with Crippen LogP contribution in [0.25, 0.3) is 11.1 Å². The Hall–Kier alpha value is -1.22. The van der Waals surface area contributed by atoms with Crippen molar-refractivity contribution in [2.24, 2.45) is 0 Å². The van der Waals surface area contributed by atoms with E-state index in [4.69, 9.17) is 27.9 Å². The summed E-state index contributed by atoms with van der Waals surface area (Å²) < 4.78 is 5.52. The third-order valence-electron chi connectivity index (χ3n) is 3.93. The molecule has 0 saturated carbocycles. The number of nitrogens with one attached hydrogen (secondary N) is 1. The predicted octanol–water partition coefficient (Wildman–Crippen LogP) is 4.62. The van der Waals surface area contributed by atoms with E-state index in [2.05, 4.69) is 18.3 Å². The van der Waals surface area contributed by atoms with Crippen molar-refractivity contribution in [2.75, 3.05) is 13.7 Å². The van der Waals surface area contributed by atoms with Crippen LogP contribution in [0.3, 0.4) is 0 Å². The Morgan fingerprint density at radius 1 is 1.10 bits per heavy atom. The number of aryl methyl sites for hydroxylation is 1. The summed E-state index contributed by atoms with van der Waals surface area (Å²) >= 11 is 12.7. The molecule has 0 amide bonds. The van der Waals surface area contributed by atoms with Crippen molar-refractivity contribution < 1.29 is 4.74 Å². The highest BCUT2D eigenvalue weighted by Gasteiger charge is 2.21. The Labute approximate surface area is 135 Å². The van der Waals surface area contributed by atoms with Gasteiger partial charge in [0.25, 0.3) is 0 Å². The lowest BCUT2D eigenvalue weighted by Gasteiger charge is -2.23. The molecule has 0 saturated heterocycles. The number of fused-ring (bicyclic) bond motifs is 1. The van der Waals surface area contributed by atoms with Gasteiger partial charge >= 0.3 is 0 Å². The fourth-order valence-electron chi connectivity index (χ4n) is 2.88. The van der Waals surface area contributed by atoms with Gasteiger partial charge in [0, 0.05) is 12.1 Å². The summed E-state index contributed by atoms with van der Waals surface area (Å²) in [7, 11) is 1.69. The monoisotopic (exact) mass is 321 g/mol. The lowest BCUT2D eigenvalue weighted by molar-refractivity contribution is 0.416. The predicted molar refractivity (Wildman–Crippen MR) is 88.6 cm³/mol. The van der Waals surface area contributed by atoms with Crippen LogP contribution >= 0.6 is 23.2 Å². The summed E-state index contributed by atoms with van der Waals surface area (Å²) in [6.07, 6.45) is 0.899. The molecular formula is C17H17Cl2NO. The molecule has 1 aliphatic heterocycles. The van der Waals surface area contributed by atoms with Gasteiger partial charge in [-0.15, -0.1) is 0 Å². The van der Waals surface area contributed by atoms with Crippen molar-refractivity contribution in [2.45, 2.75) is 19.9 Å². The maximum Gasteiger partial charge on any atom is 0.126 e. The third-order valence-corrected chi connectivity index (χ3v) is 4.76. The number of benzene rings is 2. The zero-order valence-corrected chi connectivity index (χ0v) is 13.6. The molecule has 0 spiro atoms. The molecule has 0 fully saturated rings. The molecule has 110 valence electrons. The topological polar surface area (TPSA) is 21.3 Å². The number of halogens is 2. The SMILES string of the molecule is COc1ccc(C)cc1-c1cc(Cl)c(Cl)c2c1CNCC2. The number of ether oxygens (including phenoxy) is 1. The van der Waals surface area contributed by atoms with Gasteiger partial charge in [0.05, 0.1) is 17.2 Å². The summed E-state index contributed by atoms with van der Waals surface area (Å²) in [4.78, 5) is 0. The summed E-state index contributed by atoms with van der Waals surface area (Å²) in [5, 5.41) is 4.70. The Kier molecular flexibility index (Phi) is 4.12. The Morgan fingerprint density at radius 3 is 2.67 bits per heavy atom. The Morgan fingerprint density at radius 2 is 1.90 bits per heavy atom. The van der Waals surface area contributed by atoms with Gasteiger partial charge in [-0.1, -0.05) is 34.8 Å². The van der Waals surface area contributed by atoms with E-state index in [0.717, 1.165) is 42.0 Å². The largest absolute Gasteiger partial charge is 0.496 e. The quantitative estimate of drug-likeness (QED) is 0.871. The molecule has 0 radical (unpaired) electrons. The lowest BCUT2D eigenvalue weighted by atomic mass is 9.90. The van der Waals surface area contributed by atoms with E-state index in [0.29, 0.717) is 10.0 Å². The number of hydrogen-bond donors (Lipinski definition) is 1. The van der Waals surface area contributed by atoms with Crippen LogP contribution in [0.5, 0.6) is 5.75 Å². The fraction of sp³-hybridized carbons (Fsp3) is 0.294. The number of methoxy groups -OCH3 is 1. The van der Waals surface area contributed by atoms with E-state index >= 15 is 0 Å². The van der Waals surface area contributed by atoms with Gasteiger partial charge < -0.3 is 10.1 Å². The summed E-state index contributed by atoms with van der Waals surface area (Å²) in [5.74, 6) is 0.853. The number of rotatable bonds is 2. The maximum absolute atomic E-state index is 6.38. The van der Waals surface area contributed by atoms with Gasteiger partial charge in [0.2, 0.25) is 0 Å². The summed E-state index contributed by atoms with van der Waals surface area (Å²) in [6, 6.07) is 8.13. The minimum Gasteiger partial charge on any atom is -0.496 e. The fourth-order valence-corrected chi connectivity index (χ4v) is 3.36. The van der Waals surface area contributed by atoms with Gasteiger partial charge in [-0.05, 0) is 54.8 Å². The standard InChI is InChI=1S/C17H17Cl2NO/c1-10-3-4-16(21-2)13(7-10)12-8-15(18)17(19)11-5-6-20-9-14(11)12/h3-4,7-8,20H,5-6,9H2,1-2H3. The first-order valence-corrected chi connectivity index (χ1v) is 7.73. The Bertz CT molecular complexity index is 698. The second-order valence-corrected chi connectivity index (χ2v) is 6.09. The van der Waals surface area contributed by atoms with E-state index in [1.807, 2.05) is 18.2 Å². The highest BCUT2D eigenvalue weighted by Crippen LogP contribution is 2.41. The molecular weight excluding hydrogens is 305 g/mol. The van der Waals surface area contributed by atoms with E-state index in [1.165, 1.54) is 11.1 Å². The van der Waals surface area contributed by atoms with Crippen molar-refractivity contribution in [3.8, 4) is 16.9 Å². The highest BCUT2D eigenvalue weighted by molar-refractivity contribution is 6.42. The Balaban J connectivity index is 2.28. The average molecular weight is 322 g/mol. The molecule has 0 aliphatic carbocycles. The van der Waals surface area contributed by atoms with E-state index in [9.17, 15) is 0 Å². The minimum atomic E-state index is 0.607. The number of hydrogen-bond acceptors (Lipinski definition) is 2. The van der Waals surface area contributed by atoms with Crippen molar-refractivity contribution in [3.63, 3.8) is 0 Å². The first-order valence-electron chi connectivity index (χ1n) is 6.97. The molecule has 0 aromatic heterocycles. The maximum atomic E-state index is 6.38. The summed E-state index contributed by atoms with van der Waals surface area (Å²) in [6.45, 7) is 3.81. The first-order chi connectivity index (χ1) is 10.1. The molecule has 2 aromatic rings. The molecule has 2 nitrogen and oxygen atoms in total. The van der Waals surface area contributed by atoms with Crippen molar-refractivity contribution in [3.05, 3.63) is 51.0 Å². The third kappa shape index (κ3) is 2.64. The molecule has 0 bridgehead atoms. The van der Waals surface area contributed by atoms with Crippen LogP contribution in [0.4, 0.5) is 0 Å². The molecule has 21 heavy (non-hydrogen) atoms. The van der Waals surface area contributed by atoms with Crippen LogP contribution in [-0.4, -0.2) is 13.7 Å². The molecule has 0 unspecified atom stereocenters. The molecule has 1 heterocycles. The van der Waals surface area contributed by atoms with Gasteiger partial charge in [-0.3, -0.25) is 0 Å². The van der Waals surface area contributed by atoms with Crippen LogP contribution in [0.15, 0.2) is 24.3 Å². The second kappa shape index (κ2) is 5.88. The zero-order chi connectivity index (χ0) is 15.0. The minimum absolute atomic E-state index is 0.607.